The number of nitrogens with one attached hydrogen (secondary N) is 1. The van der Waals surface area contributed by atoms with Gasteiger partial charge in [0.05, 0.1) is 23.1 Å². The molecule has 4 rings (SSSR count). The van der Waals surface area contributed by atoms with Crippen molar-refractivity contribution in [2.45, 2.75) is 25.7 Å². The standard InChI is InChI=1S/C23H26N4O/c28-23(24-14-6-10-18-8-2-1-3-9-18)19-11-7-15-27(17-19)22-16-25-20-12-4-5-13-21(20)26-22/h1-5,8-9,12-13,16,19H,6-7,10-11,14-15,17H2,(H,24,28). The van der Waals surface area contributed by atoms with Crippen molar-refractivity contribution < 1.29 is 4.79 Å². The quantitative estimate of drug-likeness (QED) is 0.670. The number of carbonyl (C=O) groups is 1. The maximum atomic E-state index is 12.6. The van der Waals surface area contributed by atoms with Gasteiger partial charge in [-0.3, -0.25) is 9.78 Å². The molecular weight excluding hydrogens is 348 g/mol. The van der Waals surface area contributed by atoms with Crippen LogP contribution in [0.2, 0.25) is 0 Å². The lowest BCUT2D eigenvalue weighted by Crippen LogP contribution is -2.43. The van der Waals surface area contributed by atoms with Crippen molar-refractivity contribution in [1.29, 1.82) is 0 Å². The van der Waals surface area contributed by atoms with Crippen molar-refractivity contribution in [3.63, 3.8) is 0 Å². The molecule has 1 atom stereocenters. The molecule has 0 bridgehead atoms. The summed E-state index contributed by atoms with van der Waals surface area (Å²) in [5, 5.41) is 3.12. The van der Waals surface area contributed by atoms with E-state index in [0.29, 0.717) is 6.54 Å². The fraction of sp³-hybridized carbons (Fsp3) is 0.348. The number of aryl methyl sites for hydroxylation is 1. The molecule has 28 heavy (non-hydrogen) atoms. The summed E-state index contributed by atoms with van der Waals surface area (Å²) in [6, 6.07) is 18.3. The fourth-order valence-electron chi connectivity index (χ4n) is 3.79. The molecule has 1 unspecified atom stereocenters. The van der Waals surface area contributed by atoms with Gasteiger partial charge in [0, 0.05) is 19.6 Å². The molecular formula is C23H26N4O. The first-order valence-electron chi connectivity index (χ1n) is 10.1. The van der Waals surface area contributed by atoms with E-state index in [1.807, 2.05) is 36.5 Å². The number of piperidine rings is 1. The van der Waals surface area contributed by atoms with Crippen molar-refractivity contribution >= 4 is 22.8 Å². The van der Waals surface area contributed by atoms with Crippen LogP contribution in [0.4, 0.5) is 5.82 Å². The Balaban J connectivity index is 1.30. The van der Waals surface area contributed by atoms with Gasteiger partial charge in [-0.25, -0.2) is 4.98 Å². The van der Waals surface area contributed by atoms with Crippen molar-refractivity contribution in [3.8, 4) is 0 Å². The van der Waals surface area contributed by atoms with Gasteiger partial charge >= 0.3 is 0 Å². The van der Waals surface area contributed by atoms with E-state index >= 15 is 0 Å². The van der Waals surface area contributed by atoms with Gasteiger partial charge in [-0.15, -0.1) is 0 Å². The molecule has 2 heterocycles. The molecule has 1 aliphatic heterocycles. The number of aromatic nitrogens is 2. The Morgan fingerprint density at radius 2 is 1.86 bits per heavy atom. The van der Waals surface area contributed by atoms with E-state index in [1.165, 1.54) is 5.56 Å². The summed E-state index contributed by atoms with van der Waals surface area (Å²) in [5.74, 6) is 1.03. The first-order valence-corrected chi connectivity index (χ1v) is 10.1. The number of rotatable bonds is 6. The van der Waals surface area contributed by atoms with E-state index in [4.69, 9.17) is 4.98 Å². The Morgan fingerprint density at radius 1 is 1.07 bits per heavy atom. The minimum absolute atomic E-state index is 0.0127. The van der Waals surface area contributed by atoms with Crippen LogP contribution in [-0.2, 0) is 11.2 Å². The Labute approximate surface area is 165 Å². The summed E-state index contributed by atoms with van der Waals surface area (Å²) in [4.78, 5) is 24.1. The maximum absolute atomic E-state index is 12.6. The van der Waals surface area contributed by atoms with Gasteiger partial charge in [0.15, 0.2) is 0 Å². The van der Waals surface area contributed by atoms with Gasteiger partial charge in [0.1, 0.15) is 5.82 Å². The number of anilines is 1. The molecule has 0 aliphatic carbocycles. The first-order chi connectivity index (χ1) is 13.8. The second kappa shape index (κ2) is 8.83. The van der Waals surface area contributed by atoms with Crippen molar-refractivity contribution in [1.82, 2.24) is 15.3 Å². The Morgan fingerprint density at radius 3 is 2.71 bits per heavy atom. The first kappa shape index (κ1) is 18.4. The van der Waals surface area contributed by atoms with E-state index in [-0.39, 0.29) is 11.8 Å². The van der Waals surface area contributed by atoms with Crippen LogP contribution in [-0.4, -0.2) is 35.5 Å². The molecule has 0 saturated carbocycles. The molecule has 5 heteroatoms. The van der Waals surface area contributed by atoms with Crippen LogP contribution in [0.5, 0.6) is 0 Å². The van der Waals surface area contributed by atoms with Crippen LogP contribution < -0.4 is 10.2 Å². The lowest BCUT2D eigenvalue weighted by atomic mass is 9.97. The number of fused-ring (bicyclic) bond motifs is 1. The SMILES string of the molecule is O=C(NCCCc1ccccc1)C1CCCN(c2cnc3ccccc3n2)C1. The predicted molar refractivity (Wildman–Crippen MR) is 112 cm³/mol. The highest BCUT2D eigenvalue weighted by Crippen LogP contribution is 2.23. The number of carbonyl (C=O) groups excluding carboxylic acids is 1. The zero-order valence-electron chi connectivity index (χ0n) is 16.1. The highest BCUT2D eigenvalue weighted by Gasteiger charge is 2.26. The minimum Gasteiger partial charge on any atom is -0.356 e. The predicted octanol–water partition coefficient (Wildman–Crippen LogP) is 3.60. The van der Waals surface area contributed by atoms with Gasteiger partial charge in [-0.1, -0.05) is 42.5 Å². The molecule has 0 radical (unpaired) electrons. The number of amides is 1. The summed E-state index contributed by atoms with van der Waals surface area (Å²) >= 11 is 0. The van der Waals surface area contributed by atoms with Gasteiger partial charge < -0.3 is 10.2 Å². The number of hydrogen-bond donors (Lipinski definition) is 1. The van der Waals surface area contributed by atoms with Crippen LogP contribution in [0, 0.1) is 5.92 Å². The summed E-state index contributed by atoms with van der Waals surface area (Å²) in [7, 11) is 0. The second-order valence-electron chi connectivity index (χ2n) is 7.38. The second-order valence-corrected chi connectivity index (χ2v) is 7.38. The molecule has 1 aromatic heterocycles. The third kappa shape index (κ3) is 4.47. The third-order valence-corrected chi connectivity index (χ3v) is 5.34. The molecule has 0 spiro atoms. The Kier molecular flexibility index (Phi) is 5.80. The number of nitrogens with zero attached hydrogens (tertiary/aromatic N) is 3. The molecule has 2 aromatic carbocycles. The zero-order chi connectivity index (χ0) is 19.2. The number of para-hydroxylation sites is 2. The lowest BCUT2D eigenvalue weighted by molar-refractivity contribution is -0.125. The fourth-order valence-corrected chi connectivity index (χ4v) is 3.79. The van der Waals surface area contributed by atoms with Gasteiger partial charge in [0.2, 0.25) is 5.91 Å². The van der Waals surface area contributed by atoms with E-state index in [2.05, 4.69) is 39.5 Å². The summed E-state index contributed by atoms with van der Waals surface area (Å²) in [5.41, 5.74) is 3.11. The number of hydrogen-bond acceptors (Lipinski definition) is 4. The van der Waals surface area contributed by atoms with Crippen LogP contribution >= 0.6 is 0 Å². The highest BCUT2D eigenvalue weighted by molar-refractivity contribution is 5.80. The average Bonchev–Trinajstić information content (AvgIpc) is 2.77. The summed E-state index contributed by atoms with van der Waals surface area (Å²) < 4.78 is 0. The van der Waals surface area contributed by atoms with E-state index in [1.54, 1.807) is 0 Å². The largest absolute Gasteiger partial charge is 0.356 e. The Bertz CT molecular complexity index is 928. The highest BCUT2D eigenvalue weighted by atomic mass is 16.1. The third-order valence-electron chi connectivity index (χ3n) is 5.34. The van der Waals surface area contributed by atoms with Crippen molar-refractivity contribution in [3.05, 3.63) is 66.4 Å². The molecule has 1 N–H and O–H groups in total. The average molecular weight is 374 g/mol. The lowest BCUT2D eigenvalue weighted by Gasteiger charge is -2.32. The molecule has 3 aromatic rings. The van der Waals surface area contributed by atoms with Crippen LogP contribution in [0.25, 0.3) is 11.0 Å². The normalized spacial score (nSPS) is 16.9. The van der Waals surface area contributed by atoms with Crippen molar-refractivity contribution in [2.75, 3.05) is 24.5 Å². The molecule has 1 amide bonds. The molecule has 144 valence electrons. The van der Waals surface area contributed by atoms with E-state index in [9.17, 15) is 4.79 Å². The molecule has 5 nitrogen and oxygen atoms in total. The molecule has 1 fully saturated rings. The zero-order valence-corrected chi connectivity index (χ0v) is 16.1. The van der Waals surface area contributed by atoms with Gasteiger partial charge in [0.25, 0.3) is 0 Å². The Hall–Kier alpha value is -2.95. The monoisotopic (exact) mass is 374 g/mol. The number of benzene rings is 2. The van der Waals surface area contributed by atoms with Crippen molar-refractivity contribution in [2.24, 2.45) is 5.92 Å². The van der Waals surface area contributed by atoms with Crippen LogP contribution in [0.3, 0.4) is 0 Å². The smallest absolute Gasteiger partial charge is 0.224 e. The van der Waals surface area contributed by atoms with E-state index < -0.39 is 0 Å². The van der Waals surface area contributed by atoms with Gasteiger partial charge in [-0.2, -0.15) is 0 Å². The van der Waals surface area contributed by atoms with E-state index in [0.717, 1.165) is 55.6 Å². The summed E-state index contributed by atoms with van der Waals surface area (Å²) in [6.07, 6.45) is 5.70. The van der Waals surface area contributed by atoms with Crippen LogP contribution in [0.1, 0.15) is 24.8 Å². The summed E-state index contributed by atoms with van der Waals surface area (Å²) in [6.45, 7) is 2.35. The minimum atomic E-state index is 0.0127. The van der Waals surface area contributed by atoms with Crippen LogP contribution in [0.15, 0.2) is 60.8 Å². The molecule has 1 saturated heterocycles. The van der Waals surface area contributed by atoms with Gasteiger partial charge in [-0.05, 0) is 43.4 Å². The maximum Gasteiger partial charge on any atom is 0.224 e. The molecule has 1 aliphatic rings. The topological polar surface area (TPSA) is 58.1 Å².